The van der Waals surface area contributed by atoms with E-state index in [2.05, 4.69) is 27.8 Å². The molecular weight excluding hydrogens is 332 g/mol. The van der Waals surface area contributed by atoms with Gasteiger partial charge in [0, 0.05) is 0 Å². The molecule has 1 aromatic rings. The van der Waals surface area contributed by atoms with Crippen LogP contribution in [-0.2, 0) is 10.5 Å². The maximum Gasteiger partial charge on any atom is 0.347 e. The number of rotatable bonds is 8. The van der Waals surface area contributed by atoms with Crippen LogP contribution in [0.15, 0.2) is 16.7 Å². The van der Waals surface area contributed by atoms with E-state index in [9.17, 15) is 13.6 Å². The monoisotopic (exact) mass is 349 g/mol. The highest BCUT2D eigenvalue weighted by atomic mass is 79.9. The average Bonchev–Trinajstić information content (AvgIpc) is 2.41. The third-order valence-corrected chi connectivity index (χ3v) is 3.73. The van der Waals surface area contributed by atoms with Crippen molar-refractivity contribution in [3.8, 4) is 0 Å². The summed E-state index contributed by atoms with van der Waals surface area (Å²) < 4.78 is 27.6. The zero-order chi connectivity index (χ0) is 15.2. The molecule has 0 saturated heterocycles. The Hall–Kier alpha value is -1.04. The number of carboxylic acid groups (broad SMARTS) is 1. The van der Waals surface area contributed by atoms with E-state index < -0.39 is 17.5 Å². The van der Waals surface area contributed by atoms with Crippen molar-refractivity contribution in [2.75, 3.05) is 0 Å². The van der Waals surface area contributed by atoms with Crippen molar-refractivity contribution < 1.29 is 18.7 Å². The summed E-state index contributed by atoms with van der Waals surface area (Å²) in [4.78, 5) is 14.9. The lowest BCUT2D eigenvalue weighted by Crippen LogP contribution is -2.32. The van der Waals surface area contributed by atoms with Gasteiger partial charge in [-0.25, -0.2) is 18.6 Å². The second-order valence-electron chi connectivity index (χ2n) is 4.74. The maximum atomic E-state index is 14.7. The largest absolute Gasteiger partial charge is 0.479 e. The number of hydrogen-bond acceptors (Lipinski definition) is 2. The van der Waals surface area contributed by atoms with Crippen LogP contribution in [-0.4, -0.2) is 16.1 Å². The summed E-state index contributed by atoms with van der Waals surface area (Å²) >= 11 is 2.84. The third-order valence-electron chi connectivity index (χ3n) is 3.17. The van der Waals surface area contributed by atoms with Gasteiger partial charge in [0.25, 0.3) is 0 Å². The number of aromatic nitrogens is 1. The predicted octanol–water partition coefficient (Wildman–Crippen LogP) is 4.59. The molecule has 3 nitrogen and oxygen atoms in total. The number of carboxylic acids is 1. The van der Waals surface area contributed by atoms with Crippen LogP contribution in [0.25, 0.3) is 0 Å². The van der Waals surface area contributed by atoms with Gasteiger partial charge < -0.3 is 5.11 Å². The van der Waals surface area contributed by atoms with Crippen molar-refractivity contribution in [2.24, 2.45) is 0 Å². The van der Waals surface area contributed by atoms with Crippen LogP contribution in [0.3, 0.4) is 0 Å². The van der Waals surface area contributed by atoms with Gasteiger partial charge >= 0.3 is 5.97 Å². The van der Waals surface area contributed by atoms with Crippen LogP contribution >= 0.6 is 15.9 Å². The van der Waals surface area contributed by atoms with Crippen molar-refractivity contribution in [3.63, 3.8) is 0 Å². The second kappa shape index (κ2) is 7.67. The molecule has 1 atom stereocenters. The molecule has 1 heterocycles. The fraction of sp³-hybridized carbons (Fsp3) is 0.571. The lowest BCUT2D eigenvalue weighted by molar-refractivity contribution is -0.152. The summed E-state index contributed by atoms with van der Waals surface area (Å²) in [5, 5.41) is 9.12. The molecule has 0 fully saturated rings. The van der Waals surface area contributed by atoms with E-state index in [1.54, 1.807) is 0 Å². The van der Waals surface area contributed by atoms with Crippen LogP contribution in [0.4, 0.5) is 8.78 Å². The maximum absolute atomic E-state index is 14.7. The number of hydrogen-bond donors (Lipinski definition) is 1. The van der Waals surface area contributed by atoms with Crippen LogP contribution in [0.2, 0.25) is 0 Å². The predicted molar refractivity (Wildman–Crippen MR) is 75.7 cm³/mol. The van der Waals surface area contributed by atoms with Gasteiger partial charge in [-0.15, -0.1) is 0 Å². The molecule has 20 heavy (non-hydrogen) atoms. The highest BCUT2D eigenvalue weighted by Gasteiger charge is 2.42. The number of unbranched alkanes of at least 4 members (excludes halogenated alkanes) is 4. The van der Waals surface area contributed by atoms with Gasteiger partial charge in [-0.2, -0.15) is 0 Å². The van der Waals surface area contributed by atoms with Gasteiger partial charge in [-0.3, -0.25) is 0 Å². The zero-order valence-corrected chi connectivity index (χ0v) is 12.9. The number of aliphatic carboxylic acids is 1. The minimum absolute atomic E-state index is 0.156. The van der Waals surface area contributed by atoms with Gasteiger partial charge in [0.2, 0.25) is 5.67 Å². The number of pyridine rings is 1. The molecule has 0 aliphatic rings. The molecule has 1 rings (SSSR count). The van der Waals surface area contributed by atoms with E-state index in [4.69, 9.17) is 5.11 Å². The summed E-state index contributed by atoms with van der Waals surface area (Å²) in [6.45, 7) is 2.07. The van der Waals surface area contributed by atoms with Crippen molar-refractivity contribution in [1.29, 1.82) is 0 Å². The molecule has 0 bridgehead atoms. The molecule has 0 saturated carbocycles. The van der Waals surface area contributed by atoms with Crippen LogP contribution in [0, 0.1) is 5.82 Å². The van der Waals surface area contributed by atoms with Gasteiger partial charge in [0.1, 0.15) is 4.60 Å². The highest BCUT2D eigenvalue weighted by molar-refractivity contribution is 9.10. The molecular formula is C14H18BrF2NO2. The summed E-state index contributed by atoms with van der Waals surface area (Å²) in [6.07, 6.45) is 4.14. The minimum atomic E-state index is -2.57. The quantitative estimate of drug-likeness (QED) is 0.551. The molecule has 0 aliphatic heterocycles. The molecule has 0 aromatic carbocycles. The van der Waals surface area contributed by atoms with Crippen LogP contribution in [0.1, 0.15) is 51.1 Å². The third kappa shape index (κ3) is 4.23. The van der Waals surface area contributed by atoms with Gasteiger partial charge in [-0.1, -0.05) is 32.6 Å². The summed E-state index contributed by atoms with van der Waals surface area (Å²) in [6, 6.07) is 2.10. The Kier molecular flexibility index (Phi) is 6.52. The lowest BCUT2D eigenvalue weighted by atomic mass is 9.93. The SMILES string of the molecule is CCCCCCCC(F)(C(=O)O)c1ccc(F)c(Br)n1. The topological polar surface area (TPSA) is 50.2 Å². The van der Waals surface area contributed by atoms with E-state index in [0.717, 1.165) is 37.8 Å². The van der Waals surface area contributed by atoms with Gasteiger partial charge in [0.15, 0.2) is 5.82 Å². The van der Waals surface area contributed by atoms with E-state index >= 15 is 0 Å². The zero-order valence-electron chi connectivity index (χ0n) is 11.3. The Labute approximate surface area is 125 Å². The fourth-order valence-electron chi connectivity index (χ4n) is 1.95. The van der Waals surface area contributed by atoms with Crippen molar-refractivity contribution in [3.05, 3.63) is 28.2 Å². The molecule has 112 valence electrons. The van der Waals surface area contributed by atoms with Crippen molar-refractivity contribution in [2.45, 2.75) is 51.1 Å². The Balaban J connectivity index is 2.80. The first-order valence-electron chi connectivity index (χ1n) is 6.66. The molecule has 0 aliphatic carbocycles. The fourth-order valence-corrected chi connectivity index (χ4v) is 2.28. The Bertz CT molecular complexity index is 470. The first-order valence-corrected chi connectivity index (χ1v) is 7.46. The summed E-state index contributed by atoms with van der Waals surface area (Å²) in [5.41, 5.74) is -2.84. The van der Waals surface area contributed by atoms with Crippen LogP contribution < -0.4 is 0 Å². The van der Waals surface area contributed by atoms with Crippen molar-refractivity contribution in [1.82, 2.24) is 4.98 Å². The average molecular weight is 350 g/mol. The van der Waals surface area contributed by atoms with E-state index in [1.807, 2.05) is 0 Å². The summed E-state index contributed by atoms with van der Waals surface area (Å²) in [7, 11) is 0. The van der Waals surface area contributed by atoms with E-state index in [0.29, 0.717) is 6.42 Å². The highest BCUT2D eigenvalue weighted by Crippen LogP contribution is 2.32. The van der Waals surface area contributed by atoms with Gasteiger partial charge in [0.05, 0.1) is 5.69 Å². The standard InChI is InChI=1S/C14H18BrF2NO2/c1-2-3-4-5-6-9-14(17,13(19)20)11-8-7-10(16)12(15)18-11/h7-8H,2-6,9H2,1H3,(H,19,20). The minimum Gasteiger partial charge on any atom is -0.479 e. The summed E-state index contributed by atoms with van der Waals surface area (Å²) in [5.74, 6) is -2.23. The Morgan fingerprint density at radius 2 is 2.00 bits per heavy atom. The van der Waals surface area contributed by atoms with Gasteiger partial charge in [-0.05, 0) is 40.9 Å². The second-order valence-corrected chi connectivity index (χ2v) is 5.49. The molecule has 0 amide bonds. The molecule has 0 radical (unpaired) electrons. The first-order chi connectivity index (χ1) is 9.41. The van der Waals surface area contributed by atoms with E-state index in [-0.39, 0.29) is 16.7 Å². The molecule has 1 aromatic heterocycles. The molecule has 1 N–H and O–H groups in total. The first kappa shape index (κ1) is 17.0. The number of halogens is 3. The number of carbonyl (C=O) groups is 1. The Morgan fingerprint density at radius 1 is 1.35 bits per heavy atom. The van der Waals surface area contributed by atoms with Crippen molar-refractivity contribution >= 4 is 21.9 Å². The number of nitrogens with zero attached hydrogens (tertiary/aromatic N) is 1. The smallest absolute Gasteiger partial charge is 0.347 e. The Morgan fingerprint density at radius 3 is 2.55 bits per heavy atom. The van der Waals surface area contributed by atoms with E-state index in [1.165, 1.54) is 0 Å². The number of alkyl halides is 1. The lowest BCUT2D eigenvalue weighted by Gasteiger charge is -2.20. The molecule has 6 heteroatoms. The van der Waals surface area contributed by atoms with Crippen LogP contribution in [0.5, 0.6) is 0 Å². The normalized spacial score (nSPS) is 14.0. The molecule has 1 unspecified atom stereocenters. The molecule has 0 spiro atoms.